The van der Waals surface area contributed by atoms with Crippen molar-refractivity contribution in [1.29, 1.82) is 0 Å². The molecule has 2 aromatic heterocycles. The van der Waals surface area contributed by atoms with Crippen LogP contribution < -0.4 is 24.3 Å². The number of likely N-dealkylation sites (N-methyl/N-ethyl adjacent to an activating group) is 1. The third kappa shape index (κ3) is 4.87. The number of H-pyrrole nitrogens is 1. The van der Waals surface area contributed by atoms with Crippen LogP contribution in [0.3, 0.4) is 0 Å². The number of methoxy groups -OCH3 is 5. The highest BCUT2D eigenvalue weighted by Crippen LogP contribution is 2.43. The van der Waals surface area contributed by atoms with Crippen LogP contribution in [0.2, 0.25) is 0 Å². The first-order valence-corrected chi connectivity index (χ1v) is 13.0. The Kier molecular flexibility index (Phi) is 7.65. The molecule has 1 unspecified atom stereocenters. The van der Waals surface area contributed by atoms with E-state index in [1.54, 1.807) is 53.9 Å². The Morgan fingerprint density at radius 2 is 1.34 bits per heavy atom. The molecule has 11 nitrogen and oxygen atoms in total. The number of hydrogen-bond donors (Lipinski definition) is 2. The van der Waals surface area contributed by atoms with Crippen molar-refractivity contribution in [2.75, 3.05) is 56.2 Å². The zero-order valence-electron chi connectivity index (χ0n) is 24.2. The predicted molar refractivity (Wildman–Crippen MR) is 156 cm³/mol. The fraction of sp³-hybridized carbons (Fsp3) is 0.333. The van der Waals surface area contributed by atoms with Crippen molar-refractivity contribution in [3.05, 3.63) is 47.8 Å². The molecule has 0 radical (unpaired) electrons. The monoisotopic (exact) mass is 562 g/mol. The average molecular weight is 563 g/mol. The Labute approximate surface area is 237 Å². The lowest BCUT2D eigenvalue weighted by Crippen LogP contribution is -2.31. The number of nitrogens with one attached hydrogen (secondary N) is 2. The largest absolute Gasteiger partial charge is 0.493 e. The molecule has 0 saturated heterocycles. The summed E-state index contributed by atoms with van der Waals surface area (Å²) in [4.78, 5) is 32.1. The summed E-state index contributed by atoms with van der Waals surface area (Å²) >= 11 is 0. The van der Waals surface area contributed by atoms with E-state index < -0.39 is 11.8 Å². The third-order valence-corrected chi connectivity index (χ3v) is 7.34. The van der Waals surface area contributed by atoms with Gasteiger partial charge in [0.05, 0.1) is 57.8 Å². The second-order valence-corrected chi connectivity index (χ2v) is 10.0. The first kappa shape index (κ1) is 28.1. The molecule has 5 rings (SSSR count). The van der Waals surface area contributed by atoms with Crippen LogP contribution in [0.15, 0.2) is 36.7 Å². The fourth-order valence-corrected chi connectivity index (χ4v) is 5.43. The SMILES string of the molecule is COc1cc2[nH]cc(C3=C(c4cn(CC(CN(C)C)OC)c5cc(OC)c(OC)cc45)C(=O)NC3=O)c2cc1OC. The number of benzene rings is 2. The predicted octanol–water partition coefficient (Wildman–Crippen LogP) is 3.30. The molecule has 4 aromatic rings. The van der Waals surface area contributed by atoms with Gasteiger partial charge >= 0.3 is 0 Å². The number of nitrogens with zero attached hydrogens (tertiary/aromatic N) is 2. The van der Waals surface area contributed by atoms with E-state index in [1.807, 2.05) is 41.9 Å². The van der Waals surface area contributed by atoms with Gasteiger partial charge in [-0.15, -0.1) is 0 Å². The molecule has 0 fully saturated rings. The van der Waals surface area contributed by atoms with E-state index in [2.05, 4.69) is 10.3 Å². The molecular formula is C30H34N4O7. The average Bonchev–Trinajstić information content (AvgIpc) is 3.61. The first-order valence-electron chi connectivity index (χ1n) is 13.0. The van der Waals surface area contributed by atoms with E-state index in [0.717, 1.165) is 16.4 Å². The zero-order valence-corrected chi connectivity index (χ0v) is 24.2. The minimum atomic E-state index is -0.482. The molecule has 0 spiro atoms. The summed E-state index contributed by atoms with van der Waals surface area (Å²) in [5, 5.41) is 3.96. The van der Waals surface area contributed by atoms with Gasteiger partial charge in [-0.05, 0) is 26.2 Å². The Bertz CT molecular complexity index is 1680. The van der Waals surface area contributed by atoms with E-state index in [0.29, 0.717) is 52.6 Å². The molecule has 41 heavy (non-hydrogen) atoms. The van der Waals surface area contributed by atoms with Crippen molar-refractivity contribution in [3.8, 4) is 23.0 Å². The van der Waals surface area contributed by atoms with E-state index in [4.69, 9.17) is 23.7 Å². The van der Waals surface area contributed by atoms with Crippen LogP contribution in [-0.4, -0.2) is 88.6 Å². The van der Waals surface area contributed by atoms with Gasteiger partial charge in [0.2, 0.25) is 0 Å². The number of imide groups is 1. The van der Waals surface area contributed by atoms with Gasteiger partial charge in [0, 0.05) is 65.6 Å². The van der Waals surface area contributed by atoms with Crippen molar-refractivity contribution in [1.82, 2.24) is 19.8 Å². The molecule has 0 bridgehead atoms. The number of rotatable bonds is 11. The maximum Gasteiger partial charge on any atom is 0.259 e. The first-order chi connectivity index (χ1) is 19.7. The lowest BCUT2D eigenvalue weighted by Gasteiger charge is -2.21. The normalized spacial score (nSPS) is 14.3. The molecule has 0 saturated carbocycles. The van der Waals surface area contributed by atoms with Crippen LogP contribution in [0.1, 0.15) is 11.1 Å². The zero-order chi connectivity index (χ0) is 29.4. The number of amides is 2. The summed E-state index contributed by atoms with van der Waals surface area (Å²) in [6.45, 7) is 1.19. The van der Waals surface area contributed by atoms with Gasteiger partial charge in [-0.1, -0.05) is 0 Å². The van der Waals surface area contributed by atoms with Gasteiger partial charge in [-0.3, -0.25) is 14.9 Å². The molecule has 0 aliphatic carbocycles. The standard InChI is InChI=1S/C30H34N4O7/c1-33(2)13-16(37-3)14-34-15-20(18-9-24(39-5)26(41-7)11-22(18)34)28-27(29(35)32-30(28)36)19-12-31-21-10-25(40-6)23(38-4)8-17(19)21/h8-12,15-16,31H,13-14H2,1-7H3,(H,32,35,36). The Balaban J connectivity index is 1.78. The van der Waals surface area contributed by atoms with Gasteiger partial charge in [-0.25, -0.2) is 0 Å². The number of hydrogen-bond acceptors (Lipinski definition) is 8. The second-order valence-electron chi connectivity index (χ2n) is 10.0. The number of fused-ring (bicyclic) bond motifs is 2. The maximum atomic E-state index is 13.5. The fourth-order valence-electron chi connectivity index (χ4n) is 5.43. The van der Waals surface area contributed by atoms with Gasteiger partial charge in [0.15, 0.2) is 23.0 Å². The van der Waals surface area contributed by atoms with Crippen molar-refractivity contribution in [2.24, 2.45) is 0 Å². The Hall–Kier alpha value is -4.48. The van der Waals surface area contributed by atoms with Crippen molar-refractivity contribution in [3.63, 3.8) is 0 Å². The highest BCUT2D eigenvalue weighted by molar-refractivity contribution is 6.50. The smallest absolute Gasteiger partial charge is 0.259 e. The molecule has 1 aliphatic rings. The molecule has 2 N–H and O–H groups in total. The van der Waals surface area contributed by atoms with Crippen LogP contribution in [-0.2, 0) is 20.9 Å². The van der Waals surface area contributed by atoms with Crippen molar-refractivity contribution < 1.29 is 33.3 Å². The second kappa shape index (κ2) is 11.2. The van der Waals surface area contributed by atoms with Gasteiger partial charge in [0.1, 0.15) is 0 Å². The summed E-state index contributed by atoms with van der Waals surface area (Å²) in [5.41, 5.74) is 3.24. The van der Waals surface area contributed by atoms with Crippen molar-refractivity contribution >= 4 is 44.8 Å². The minimum Gasteiger partial charge on any atom is -0.493 e. The highest BCUT2D eigenvalue weighted by atomic mass is 16.5. The number of carbonyl (C=O) groups is 2. The van der Waals surface area contributed by atoms with Crippen molar-refractivity contribution in [2.45, 2.75) is 12.6 Å². The van der Waals surface area contributed by atoms with E-state index in [1.165, 1.54) is 0 Å². The van der Waals surface area contributed by atoms with Gasteiger partial charge in [-0.2, -0.15) is 0 Å². The van der Waals surface area contributed by atoms with Crippen LogP contribution in [0.4, 0.5) is 0 Å². The number of carbonyl (C=O) groups excluding carboxylic acids is 2. The molecule has 2 amide bonds. The van der Waals surface area contributed by atoms with Crippen LogP contribution in [0.5, 0.6) is 23.0 Å². The van der Waals surface area contributed by atoms with Crippen LogP contribution in [0, 0.1) is 0 Å². The molecule has 2 aromatic carbocycles. The Morgan fingerprint density at radius 3 is 1.93 bits per heavy atom. The number of aromatic nitrogens is 2. The maximum absolute atomic E-state index is 13.5. The molecule has 1 aliphatic heterocycles. The number of ether oxygens (including phenoxy) is 5. The lowest BCUT2D eigenvalue weighted by atomic mass is 9.95. The molecular weight excluding hydrogens is 528 g/mol. The summed E-state index contributed by atoms with van der Waals surface area (Å²) < 4.78 is 29.9. The molecule has 3 heterocycles. The minimum absolute atomic E-state index is 0.134. The summed E-state index contributed by atoms with van der Waals surface area (Å²) in [7, 11) is 11.9. The third-order valence-electron chi connectivity index (χ3n) is 7.34. The highest BCUT2D eigenvalue weighted by Gasteiger charge is 2.36. The van der Waals surface area contributed by atoms with E-state index >= 15 is 0 Å². The van der Waals surface area contributed by atoms with Gasteiger partial charge in [0.25, 0.3) is 11.8 Å². The molecule has 216 valence electrons. The lowest BCUT2D eigenvalue weighted by molar-refractivity contribution is -0.122. The van der Waals surface area contributed by atoms with Gasteiger partial charge < -0.3 is 38.1 Å². The van der Waals surface area contributed by atoms with Crippen LogP contribution in [0.25, 0.3) is 33.0 Å². The van der Waals surface area contributed by atoms with E-state index in [-0.39, 0.29) is 17.3 Å². The quantitative estimate of drug-likeness (QED) is 0.268. The Morgan fingerprint density at radius 1 is 0.780 bits per heavy atom. The molecule has 11 heteroatoms. The summed E-state index contributed by atoms with van der Waals surface area (Å²) in [6.07, 6.45) is 3.47. The van der Waals surface area contributed by atoms with E-state index in [9.17, 15) is 9.59 Å². The molecule has 1 atom stereocenters. The van der Waals surface area contributed by atoms with Crippen LogP contribution >= 0.6 is 0 Å². The number of aromatic amines is 1. The summed E-state index contributed by atoms with van der Waals surface area (Å²) in [6, 6.07) is 7.29. The topological polar surface area (TPSA) is 116 Å². The summed E-state index contributed by atoms with van der Waals surface area (Å²) in [5.74, 6) is 1.14.